The number of rotatable bonds is 1. The zero-order valence-electron chi connectivity index (χ0n) is 13.3. The van der Waals surface area contributed by atoms with E-state index in [0.29, 0.717) is 27.7 Å². The highest BCUT2D eigenvalue weighted by atomic mass is 16.5. The van der Waals surface area contributed by atoms with Gasteiger partial charge in [-0.2, -0.15) is 0 Å². The van der Waals surface area contributed by atoms with E-state index in [1.54, 1.807) is 37.4 Å². The topological polar surface area (TPSA) is 56.5 Å². The SMILES string of the molecule is COc1ccc2c(ccc3oc4c(c32)C(=O)c2ccccc2C4=O)c1. The van der Waals surface area contributed by atoms with E-state index in [9.17, 15) is 9.59 Å². The second-order valence-electron chi connectivity index (χ2n) is 6.04. The smallest absolute Gasteiger partial charge is 0.229 e. The number of hydrogen-bond donors (Lipinski definition) is 0. The highest BCUT2D eigenvalue weighted by Gasteiger charge is 2.35. The van der Waals surface area contributed by atoms with E-state index >= 15 is 0 Å². The summed E-state index contributed by atoms with van der Waals surface area (Å²) in [5.41, 5.74) is 1.71. The first-order chi connectivity index (χ1) is 12.2. The van der Waals surface area contributed by atoms with Crippen molar-refractivity contribution in [3.8, 4) is 5.75 Å². The Balaban J connectivity index is 1.90. The van der Waals surface area contributed by atoms with E-state index in [2.05, 4.69) is 0 Å². The van der Waals surface area contributed by atoms with Gasteiger partial charge in [-0.1, -0.05) is 30.3 Å². The van der Waals surface area contributed by atoms with E-state index in [-0.39, 0.29) is 17.3 Å². The first kappa shape index (κ1) is 14.0. The van der Waals surface area contributed by atoms with Crippen LogP contribution < -0.4 is 4.74 Å². The summed E-state index contributed by atoms with van der Waals surface area (Å²) in [6.07, 6.45) is 0. The third-order valence-corrected chi connectivity index (χ3v) is 4.73. The van der Waals surface area contributed by atoms with Gasteiger partial charge in [-0.25, -0.2) is 0 Å². The number of furan rings is 1. The van der Waals surface area contributed by atoms with Crippen LogP contribution in [0.25, 0.3) is 21.7 Å². The van der Waals surface area contributed by atoms with Crippen LogP contribution >= 0.6 is 0 Å². The lowest BCUT2D eigenvalue weighted by Crippen LogP contribution is -2.19. The average Bonchev–Trinajstić information content (AvgIpc) is 3.06. The van der Waals surface area contributed by atoms with Crippen LogP contribution in [0.3, 0.4) is 0 Å². The van der Waals surface area contributed by atoms with Gasteiger partial charge in [-0.15, -0.1) is 0 Å². The van der Waals surface area contributed by atoms with Gasteiger partial charge in [-0.05, 0) is 35.0 Å². The highest BCUT2D eigenvalue weighted by molar-refractivity contribution is 6.33. The molecule has 0 saturated heterocycles. The number of carbonyl (C=O) groups is 2. The van der Waals surface area contributed by atoms with Gasteiger partial charge in [0.05, 0.1) is 12.7 Å². The number of carbonyl (C=O) groups excluding carboxylic acids is 2. The molecule has 0 atom stereocenters. The lowest BCUT2D eigenvalue weighted by molar-refractivity contribution is 0.0962. The number of fused-ring (bicyclic) bond motifs is 6. The molecule has 1 aromatic heterocycles. The van der Waals surface area contributed by atoms with Gasteiger partial charge < -0.3 is 9.15 Å². The molecule has 1 aliphatic rings. The molecule has 0 aliphatic heterocycles. The van der Waals surface area contributed by atoms with Crippen molar-refractivity contribution in [3.63, 3.8) is 0 Å². The Morgan fingerprint density at radius 3 is 2.40 bits per heavy atom. The first-order valence-corrected chi connectivity index (χ1v) is 7.90. The van der Waals surface area contributed by atoms with Crippen molar-refractivity contribution in [2.45, 2.75) is 0 Å². The molecule has 25 heavy (non-hydrogen) atoms. The van der Waals surface area contributed by atoms with E-state index < -0.39 is 0 Å². The maximum absolute atomic E-state index is 13.1. The van der Waals surface area contributed by atoms with E-state index in [1.807, 2.05) is 24.3 Å². The molecular formula is C21H12O4. The molecule has 0 bridgehead atoms. The van der Waals surface area contributed by atoms with Crippen molar-refractivity contribution in [3.05, 3.63) is 77.0 Å². The molecular weight excluding hydrogens is 316 g/mol. The minimum absolute atomic E-state index is 0.127. The second-order valence-corrected chi connectivity index (χ2v) is 6.04. The van der Waals surface area contributed by atoms with E-state index in [0.717, 1.165) is 16.5 Å². The molecule has 0 radical (unpaired) electrons. The van der Waals surface area contributed by atoms with Crippen LogP contribution in [0.1, 0.15) is 32.0 Å². The van der Waals surface area contributed by atoms with Gasteiger partial charge in [0.2, 0.25) is 5.78 Å². The van der Waals surface area contributed by atoms with Crippen molar-refractivity contribution in [2.24, 2.45) is 0 Å². The van der Waals surface area contributed by atoms with Crippen LogP contribution in [0.5, 0.6) is 5.75 Å². The van der Waals surface area contributed by atoms with Gasteiger partial charge in [-0.3, -0.25) is 9.59 Å². The third kappa shape index (κ3) is 1.76. The molecule has 3 aromatic carbocycles. The van der Waals surface area contributed by atoms with Crippen molar-refractivity contribution in [1.29, 1.82) is 0 Å². The molecule has 4 heteroatoms. The largest absolute Gasteiger partial charge is 0.497 e. The fraction of sp³-hybridized carbons (Fsp3) is 0.0476. The van der Waals surface area contributed by atoms with Gasteiger partial charge in [0.15, 0.2) is 11.5 Å². The summed E-state index contributed by atoms with van der Waals surface area (Å²) < 4.78 is 11.1. The normalized spacial score (nSPS) is 13.2. The Labute approximate surface area is 142 Å². The summed E-state index contributed by atoms with van der Waals surface area (Å²) in [7, 11) is 1.61. The van der Waals surface area contributed by atoms with Crippen LogP contribution in [-0.2, 0) is 0 Å². The van der Waals surface area contributed by atoms with Crippen molar-refractivity contribution in [2.75, 3.05) is 7.11 Å². The Morgan fingerprint density at radius 1 is 0.880 bits per heavy atom. The number of hydrogen-bond acceptors (Lipinski definition) is 4. The van der Waals surface area contributed by atoms with Crippen molar-refractivity contribution >= 4 is 33.3 Å². The van der Waals surface area contributed by atoms with Crippen LogP contribution in [-0.4, -0.2) is 18.7 Å². The fourth-order valence-corrected chi connectivity index (χ4v) is 3.54. The second kappa shape index (κ2) is 4.80. The van der Waals surface area contributed by atoms with Gasteiger partial charge in [0, 0.05) is 16.5 Å². The summed E-state index contributed by atoms with van der Waals surface area (Å²) in [6, 6.07) is 16.2. The summed E-state index contributed by atoms with van der Waals surface area (Å²) >= 11 is 0. The molecule has 0 N–H and O–H groups in total. The maximum atomic E-state index is 13.1. The van der Waals surface area contributed by atoms with Gasteiger partial charge in [0.1, 0.15) is 11.3 Å². The molecule has 120 valence electrons. The van der Waals surface area contributed by atoms with Crippen LogP contribution in [0.2, 0.25) is 0 Å². The lowest BCUT2D eigenvalue weighted by atomic mass is 9.86. The van der Waals surface area contributed by atoms with Gasteiger partial charge >= 0.3 is 0 Å². The number of ketones is 2. The summed E-state index contributed by atoms with van der Waals surface area (Å²) in [5.74, 6) is 0.439. The Hall–Kier alpha value is -3.40. The number of methoxy groups -OCH3 is 1. The molecule has 4 aromatic rings. The summed E-state index contributed by atoms with van der Waals surface area (Å²) in [6.45, 7) is 0. The third-order valence-electron chi connectivity index (χ3n) is 4.73. The zero-order chi connectivity index (χ0) is 17.1. The standard InChI is InChI=1S/C21H12O4/c1-24-12-7-8-13-11(10-12)6-9-16-17(13)18-19(22)14-4-2-3-5-15(14)20(23)21(18)25-16/h2-10H,1H3. The van der Waals surface area contributed by atoms with Gasteiger partial charge in [0.25, 0.3) is 0 Å². The predicted octanol–water partition coefficient (Wildman–Crippen LogP) is 4.37. The molecule has 4 nitrogen and oxygen atoms in total. The molecule has 1 heterocycles. The number of ether oxygens (including phenoxy) is 1. The van der Waals surface area contributed by atoms with Crippen LogP contribution in [0, 0.1) is 0 Å². The maximum Gasteiger partial charge on any atom is 0.229 e. The molecule has 0 spiro atoms. The van der Waals surface area contributed by atoms with Crippen LogP contribution in [0.4, 0.5) is 0 Å². The molecule has 1 aliphatic carbocycles. The molecule has 0 amide bonds. The van der Waals surface area contributed by atoms with E-state index in [1.165, 1.54) is 0 Å². The van der Waals surface area contributed by atoms with Crippen molar-refractivity contribution < 1.29 is 18.7 Å². The Morgan fingerprint density at radius 2 is 1.64 bits per heavy atom. The monoisotopic (exact) mass is 328 g/mol. The predicted molar refractivity (Wildman–Crippen MR) is 93.6 cm³/mol. The Bertz CT molecular complexity index is 1210. The quantitative estimate of drug-likeness (QED) is 0.458. The minimum Gasteiger partial charge on any atom is -0.497 e. The molecule has 0 saturated carbocycles. The molecule has 0 unspecified atom stereocenters. The lowest BCUT2D eigenvalue weighted by Gasteiger charge is -2.13. The van der Waals surface area contributed by atoms with Crippen molar-refractivity contribution in [1.82, 2.24) is 0 Å². The van der Waals surface area contributed by atoms with Crippen LogP contribution in [0.15, 0.2) is 59.0 Å². The first-order valence-electron chi connectivity index (χ1n) is 7.90. The van der Waals surface area contributed by atoms with E-state index in [4.69, 9.17) is 9.15 Å². The average molecular weight is 328 g/mol. The minimum atomic E-state index is -0.247. The summed E-state index contributed by atoms with van der Waals surface area (Å²) in [5, 5.41) is 2.47. The highest BCUT2D eigenvalue weighted by Crippen LogP contribution is 2.39. The molecule has 5 rings (SSSR count). The summed E-state index contributed by atoms with van der Waals surface area (Å²) in [4.78, 5) is 25.9. The molecule has 0 fully saturated rings. The zero-order valence-corrected chi connectivity index (χ0v) is 13.3. The number of benzene rings is 3. The Kier molecular flexibility index (Phi) is 2.69. The fourth-order valence-electron chi connectivity index (χ4n) is 3.54.